The van der Waals surface area contributed by atoms with Gasteiger partial charge in [0.15, 0.2) is 9.84 Å². The molecule has 112 valence electrons. The molecule has 20 heavy (non-hydrogen) atoms. The van der Waals surface area contributed by atoms with Gasteiger partial charge in [-0.25, -0.2) is 8.42 Å². The van der Waals surface area contributed by atoms with Crippen LogP contribution in [0.4, 0.5) is 0 Å². The molecule has 1 fully saturated rings. The highest BCUT2D eigenvalue weighted by Crippen LogP contribution is 2.17. The van der Waals surface area contributed by atoms with Gasteiger partial charge in [0.05, 0.1) is 29.2 Å². The normalized spacial score (nSPS) is 25.6. The van der Waals surface area contributed by atoms with Crippen LogP contribution < -0.4 is 5.32 Å². The minimum absolute atomic E-state index is 0.130. The van der Waals surface area contributed by atoms with Crippen molar-refractivity contribution in [2.24, 2.45) is 0 Å². The number of nitrogens with one attached hydrogen (secondary N) is 1. The van der Waals surface area contributed by atoms with E-state index in [1.54, 1.807) is 18.5 Å². The molecule has 7 heteroatoms. The van der Waals surface area contributed by atoms with Crippen molar-refractivity contribution in [1.29, 1.82) is 0 Å². The van der Waals surface area contributed by atoms with Crippen LogP contribution >= 0.6 is 0 Å². The average Bonchev–Trinajstić information content (AvgIpc) is 2.83. The molecular formula is C13H20N2O4S. The highest BCUT2D eigenvalue weighted by Gasteiger charge is 2.37. The minimum atomic E-state index is -3.26. The second-order valence-electron chi connectivity index (χ2n) is 6.20. The lowest BCUT2D eigenvalue weighted by atomic mass is 10.1. The predicted molar refractivity (Wildman–Crippen MR) is 75.3 cm³/mol. The van der Waals surface area contributed by atoms with Gasteiger partial charge in [0.1, 0.15) is 0 Å². The van der Waals surface area contributed by atoms with Crippen LogP contribution in [0.5, 0.6) is 0 Å². The molecule has 1 aromatic heterocycles. The second kappa shape index (κ2) is 4.89. The van der Waals surface area contributed by atoms with E-state index in [-0.39, 0.29) is 23.0 Å². The smallest absolute Gasteiger partial charge is 0.253 e. The number of rotatable bonds is 2. The lowest BCUT2D eigenvalue weighted by Crippen LogP contribution is -2.42. The van der Waals surface area contributed by atoms with E-state index in [1.807, 2.05) is 25.3 Å². The number of aliphatic hydroxyl groups is 1. The number of aliphatic hydroxyl groups excluding tert-OH is 1. The van der Waals surface area contributed by atoms with E-state index in [2.05, 4.69) is 5.32 Å². The van der Waals surface area contributed by atoms with Crippen molar-refractivity contribution in [2.75, 3.05) is 11.5 Å². The van der Waals surface area contributed by atoms with E-state index >= 15 is 0 Å². The molecule has 0 unspecified atom stereocenters. The molecule has 0 aliphatic carbocycles. The second-order valence-corrected chi connectivity index (χ2v) is 8.36. The Morgan fingerprint density at radius 1 is 1.40 bits per heavy atom. The number of amides is 1. The zero-order valence-corrected chi connectivity index (χ0v) is 12.6. The van der Waals surface area contributed by atoms with Crippen LogP contribution in [0.1, 0.15) is 31.1 Å². The fraction of sp³-hybridized carbons (Fsp3) is 0.615. The summed E-state index contributed by atoms with van der Waals surface area (Å²) >= 11 is 0. The number of sulfone groups is 1. The maximum absolute atomic E-state index is 12.1. The summed E-state index contributed by atoms with van der Waals surface area (Å²) in [5, 5.41) is 12.2. The van der Waals surface area contributed by atoms with Crippen molar-refractivity contribution in [3.8, 4) is 0 Å². The lowest BCUT2D eigenvalue weighted by molar-refractivity contribution is 0.0888. The zero-order chi connectivity index (χ0) is 15.1. The summed E-state index contributed by atoms with van der Waals surface area (Å²) in [6.07, 6.45) is 2.48. The average molecular weight is 300 g/mol. The summed E-state index contributed by atoms with van der Waals surface area (Å²) in [4.78, 5) is 12.1. The predicted octanol–water partition coefficient (Wildman–Crippen LogP) is 0.131. The first kappa shape index (κ1) is 15.1. The molecule has 0 aromatic carbocycles. The van der Waals surface area contributed by atoms with Gasteiger partial charge in [-0.15, -0.1) is 0 Å². The molecule has 0 saturated carbocycles. The molecule has 1 aliphatic heterocycles. The molecule has 1 saturated heterocycles. The topological polar surface area (TPSA) is 88.4 Å². The lowest BCUT2D eigenvalue weighted by Gasteiger charge is -2.21. The summed E-state index contributed by atoms with van der Waals surface area (Å²) in [6, 6.07) is 0.946. The van der Waals surface area contributed by atoms with Crippen molar-refractivity contribution in [1.82, 2.24) is 9.88 Å². The number of hydrogen-bond donors (Lipinski definition) is 2. The highest BCUT2D eigenvalue weighted by atomic mass is 32.2. The number of carbonyl (C=O) groups excluding carboxylic acids is 1. The summed E-state index contributed by atoms with van der Waals surface area (Å²) in [6.45, 7) is 6.05. The van der Waals surface area contributed by atoms with Gasteiger partial charge in [0.2, 0.25) is 0 Å². The fourth-order valence-corrected chi connectivity index (χ4v) is 3.91. The number of aromatic nitrogens is 1. The fourth-order valence-electron chi connectivity index (χ4n) is 2.17. The highest BCUT2D eigenvalue weighted by molar-refractivity contribution is 7.91. The number of nitrogens with zero attached hydrogens (tertiary/aromatic N) is 1. The molecule has 6 nitrogen and oxygen atoms in total. The van der Waals surface area contributed by atoms with Crippen LogP contribution in [0.15, 0.2) is 18.5 Å². The van der Waals surface area contributed by atoms with Gasteiger partial charge in [-0.05, 0) is 26.8 Å². The summed E-state index contributed by atoms with van der Waals surface area (Å²) in [5.74, 6) is -0.866. The first-order chi connectivity index (χ1) is 9.08. The molecule has 1 amide bonds. The van der Waals surface area contributed by atoms with Crippen molar-refractivity contribution >= 4 is 15.7 Å². The molecular weight excluding hydrogens is 280 g/mol. The van der Waals surface area contributed by atoms with Crippen LogP contribution in [-0.2, 0) is 15.4 Å². The standard InChI is InChI=1S/C13H20N2O4S/c1-13(2,3)15-5-4-9(6-15)12(17)14-10-7-20(18,19)8-11(10)16/h4-6,10-11,16H,7-8H2,1-3H3,(H,14,17)/t10-,11-/m1/s1. The maximum Gasteiger partial charge on any atom is 0.253 e. The van der Waals surface area contributed by atoms with E-state index in [9.17, 15) is 18.3 Å². The molecule has 2 rings (SSSR count). The maximum atomic E-state index is 12.1. The Morgan fingerprint density at radius 2 is 2.05 bits per heavy atom. The molecule has 2 N–H and O–H groups in total. The monoisotopic (exact) mass is 300 g/mol. The van der Waals surface area contributed by atoms with Crippen molar-refractivity contribution < 1.29 is 18.3 Å². The Morgan fingerprint density at radius 3 is 2.50 bits per heavy atom. The molecule has 1 aliphatic rings. The van der Waals surface area contributed by atoms with Crippen LogP contribution in [-0.4, -0.2) is 47.7 Å². The number of carbonyl (C=O) groups is 1. The summed E-state index contributed by atoms with van der Waals surface area (Å²) in [5.41, 5.74) is 0.325. The molecule has 1 aromatic rings. The first-order valence-electron chi connectivity index (χ1n) is 6.46. The third kappa shape index (κ3) is 3.21. The first-order valence-corrected chi connectivity index (χ1v) is 8.28. The minimum Gasteiger partial charge on any atom is -0.390 e. The van der Waals surface area contributed by atoms with E-state index in [1.165, 1.54) is 0 Å². The van der Waals surface area contributed by atoms with E-state index < -0.39 is 22.0 Å². The largest absolute Gasteiger partial charge is 0.390 e. The Hall–Kier alpha value is -1.34. The number of hydrogen-bond acceptors (Lipinski definition) is 4. The van der Waals surface area contributed by atoms with Crippen LogP contribution in [0.25, 0.3) is 0 Å². The van der Waals surface area contributed by atoms with E-state index in [4.69, 9.17) is 0 Å². The summed E-state index contributed by atoms with van der Waals surface area (Å²) in [7, 11) is -3.26. The van der Waals surface area contributed by atoms with Gasteiger partial charge < -0.3 is 15.0 Å². The SMILES string of the molecule is CC(C)(C)n1ccc(C(=O)N[C@@H]2CS(=O)(=O)C[C@H]2O)c1. The Bertz CT molecular complexity index is 613. The van der Waals surface area contributed by atoms with Crippen LogP contribution in [0, 0.1) is 0 Å². The van der Waals surface area contributed by atoms with Gasteiger partial charge in [0, 0.05) is 17.9 Å². The zero-order valence-electron chi connectivity index (χ0n) is 11.8. The quantitative estimate of drug-likeness (QED) is 0.812. The van der Waals surface area contributed by atoms with Crippen molar-refractivity contribution in [3.05, 3.63) is 24.0 Å². The van der Waals surface area contributed by atoms with Crippen molar-refractivity contribution in [3.63, 3.8) is 0 Å². The van der Waals surface area contributed by atoms with Gasteiger partial charge in [-0.2, -0.15) is 0 Å². The third-order valence-electron chi connectivity index (χ3n) is 3.37. The molecule has 0 spiro atoms. The van der Waals surface area contributed by atoms with Gasteiger partial charge in [-0.3, -0.25) is 4.79 Å². The van der Waals surface area contributed by atoms with Gasteiger partial charge in [0.25, 0.3) is 5.91 Å². The molecule has 2 heterocycles. The molecule has 0 bridgehead atoms. The van der Waals surface area contributed by atoms with E-state index in [0.717, 1.165) is 0 Å². The Kier molecular flexibility index (Phi) is 3.68. The van der Waals surface area contributed by atoms with E-state index in [0.29, 0.717) is 5.56 Å². The Labute approximate surface area is 118 Å². The molecule has 2 atom stereocenters. The van der Waals surface area contributed by atoms with Crippen molar-refractivity contribution in [2.45, 2.75) is 38.5 Å². The third-order valence-corrected chi connectivity index (χ3v) is 5.09. The summed E-state index contributed by atoms with van der Waals surface area (Å²) < 4.78 is 24.7. The van der Waals surface area contributed by atoms with Gasteiger partial charge in [-0.1, -0.05) is 0 Å². The van der Waals surface area contributed by atoms with Crippen LogP contribution in [0.2, 0.25) is 0 Å². The molecule has 0 radical (unpaired) electrons. The van der Waals surface area contributed by atoms with Gasteiger partial charge >= 0.3 is 0 Å². The van der Waals surface area contributed by atoms with Crippen LogP contribution in [0.3, 0.4) is 0 Å². The Balaban J connectivity index is 2.08.